The van der Waals surface area contributed by atoms with E-state index in [1.54, 1.807) is 6.07 Å². The number of hydrogen-bond acceptors (Lipinski definition) is 2. The molecular weight excluding hydrogens is 310 g/mol. The molecule has 96 valence electrons. The molecule has 1 unspecified atom stereocenters. The summed E-state index contributed by atoms with van der Waals surface area (Å²) in [6, 6.07) is 3.17. The highest BCUT2D eigenvalue weighted by Gasteiger charge is 2.16. The summed E-state index contributed by atoms with van der Waals surface area (Å²) in [6.07, 6.45) is 0.290. The van der Waals surface area contributed by atoms with Gasteiger partial charge >= 0.3 is 0 Å². The third-order valence-corrected chi connectivity index (χ3v) is 3.65. The fourth-order valence-electron chi connectivity index (χ4n) is 1.48. The zero-order valence-electron chi connectivity index (χ0n) is 9.55. The number of rotatable bonds is 6. The van der Waals surface area contributed by atoms with Gasteiger partial charge in [-0.3, -0.25) is 0 Å². The van der Waals surface area contributed by atoms with E-state index in [0.717, 1.165) is 0 Å². The Morgan fingerprint density at radius 2 is 2.24 bits per heavy atom. The Morgan fingerprint density at radius 1 is 1.53 bits per heavy atom. The molecule has 0 saturated heterocycles. The van der Waals surface area contributed by atoms with Crippen LogP contribution in [0.5, 0.6) is 0 Å². The van der Waals surface area contributed by atoms with Crippen molar-refractivity contribution in [2.24, 2.45) is 0 Å². The van der Waals surface area contributed by atoms with Crippen LogP contribution in [0.2, 0.25) is 5.02 Å². The van der Waals surface area contributed by atoms with Crippen LogP contribution in [0.3, 0.4) is 0 Å². The van der Waals surface area contributed by atoms with Crippen LogP contribution in [0.15, 0.2) is 16.6 Å². The van der Waals surface area contributed by atoms with Gasteiger partial charge in [0.05, 0.1) is 11.1 Å². The summed E-state index contributed by atoms with van der Waals surface area (Å²) in [6.45, 7) is 3.12. The second-order valence-electron chi connectivity index (χ2n) is 3.62. The molecule has 1 aromatic rings. The van der Waals surface area contributed by atoms with Crippen LogP contribution in [0, 0.1) is 5.82 Å². The largest absolute Gasteiger partial charge is 0.388 e. The normalized spacial score (nSPS) is 12.8. The lowest BCUT2D eigenvalue weighted by molar-refractivity contribution is 0.113. The van der Waals surface area contributed by atoms with Gasteiger partial charge in [0.1, 0.15) is 5.82 Å². The van der Waals surface area contributed by atoms with Gasteiger partial charge in [0.2, 0.25) is 0 Å². The summed E-state index contributed by atoms with van der Waals surface area (Å²) in [5, 5.41) is 9.85. The maximum absolute atomic E-state index is 13.7. The third-order valence-electron chi connectivity index (χ3n) is 2.39. The number of aliphatic hydroxyl groups excluding tert-OH is 1. The van der Waals surface area contributed by atoms with E-state index in [1.807, 2.05) is 6.92 Å². The first-order valence-electron chi connectivity index (χ1n) is 5.47. The molecule has 0 heterocycles. The minimum Gasteiger partial charge on any atom is -0.388 e. The van der Waals surface area contributed by atoms with E-state index >= 15 is 0 Å². The van der Waals surface area contributed by atoms with Crippen LogP contribution in [0.4, 0.5) is 4.39 Å². The zero-order chi connectivity index (χ0) is 12.8. The van der Waals surface area contributed by atoms with E-state index in [0.29, 0.717) is 30.5 Å². The Balaban J connectivity index is 2.63. The highest BCUT2D eigenvalue weighted by atomic mass is 79.9. The summed E-state index contributed by atoms with van der Waals surface area (Å²) in [5.74, 6) is -0.565. The number of aliphatic hydroxyl groups is 1. The lowest BCUT2D eigenvalue weighted by Crippen LogP contribution is -2.04. The van der Waals surface area contributed by atoms with Crippen molar-refractivity contribution in [1.29, 1.82) is 0 Å². The molecule has 5 heteroatoms. The van der Waals surface area contributed by atoms with E-state index in [9.17, 15) is 9.50 Å². The van der Waals surface area contributed by atoms with E-state index in [2.05, 4.69) is 15.9 Å². The molecule has 1 N–H and O–H groups in total. The summed E-state index contributed by atoms with van der Waals surface area (Å²) >= 11 is 8.88. The molecule has 1 rings (SSSR count). The highest BCUT2D eigenvalue weighted by molar-refractivity contribution is 9.10. The van der Waals surface area contributed by atoms with Gasteiger partial charge < -0.3 is 9.84 Å². The molecule has 0 bridgehead atoms. The maximum atomic E-state index is 13.7. The average Bonchev–Trinajstić information content (AvgIpc) is 2.31. The van der Waals surface area contributed by atoms with Crippen molar-refractivity contribution in [2.75, 3.05) is 13.2 Å². The fraction of sp³-hybridized carbons (Fsp3) is 0.500. The van der Waals surface area contributed by atoms with E-state index < -0.39 is 11.9 Å². The molecule has 0 saturated carbocycles. The van der Waals surface area contributed by atoms with Crippen molar-refractivity contribution in [3.8, 4) is 0 Å². The Morgan fingerprint density at radius 3 is 2.88 bits per heavy atom. The van der Waals surface area contributed by atoms with Gasteiger partial charge in [0.25, 0.3) is 0 Å². The van der Waals surface area contributed by atoms with E-state index in [-0.39, 0.29) is 10.6 Å². The van der Waals surface area contributed by atoms with Gasteiger partial charge in [-0.2, -0.15) is 0 Å². The zero-order valence-corrected chi connectivity index (χ0v) is 11.9. The Labute approximate surface area is 114 Å². The molecule has 0 aliphatic rings. The van der Waals surface area contributed by atoms with Crippen molar-refractivity contribution >= 4 is 27.5 Å². The Kier molecular flexibility index (Phi) is 6.41. The van der Waals surface area contributed by atoms with Gasteiger partial charge in [0, 0.05) is 23.2 Å². The molecule has 0 aliphatic carbocycles. The van der Waals surface area contributed by atoms with Crippen molar-refractivity contribution in [1.82, 2.24) is 0 Å². The minimum absolute atomic E-state index is 0.00589. The smallest absolute Gasteiger partial charge is 0.148 e. The second-order valence-corrected chi connectivity index (χ2v) is 4.85. The first kappa shape index (κ1) is 14.9. The maximum Gasteiger partial charge on any atom is 0.148 e. The van der Waals surface area contributed by atoms with Crippen LogP contribution >= 0.6 is 27.5 Å². The molecule has 1 atom stereocenters. The molecule has 0 amide bonds. The van der Waals surface area contributed by atoms with Gasteiger partial charge in [-0.25, -0.2) is 4.39 Å². The molecule has 1 aromatic carbocycles. The lowest BCUT2D eigenvalue weighted by Gasteiger charge is -2.13. The summed E-state index contributed by atoms with van der Waals surface area (Å²) < 4.78 is 19.4. The molecule has 0 fully saturated rings. The van der Waals surface area contributed by atoms with E-state index in [4.69, 9.17) is 16.3 Å². The van der Waals surface area contributed by atoms with Gasteiger partial charge in [-0.15, -0.1) is 0 Å². The number of ether oxygens (including phenoxy) is 1. The summed E-state index contributed by atoms with van der Waals surface area (Å²) in [5.41, 5.74) is 0.231. The van der Waals surface area contributed by atoms with Crippen LogP contribution in [0.25, 0.3) is 0 Å². The molecule has 0 aliphatic heterocycles. The monoisotopic (exact) mass is 324 g/mol. The summed E-state index contributed by atoms with van der Waals surface area (Å²) in [4.78, 5) is 0. The van der Waals surface area contributed by atoms with Gasteiger partial charge in [-0.05, 0) is 41.8 Å². The lowest BCUT2D eigenvalue weighted by atomic mass is 10.0. The predicted molar refractivity (Wildman–Crippen MR) is 69.8 cm³/mol. The molecule has 0 radical (unpaired) electrons. The molecular formula is C12H15BrClFO2. The van der Waals surface area contributed by atoms with Crippen LogP contribution in [0.1, 0.15) is 31.4 Å². The predicted octanol–water partition coefficient (Wildman–Crippen LogP) is 4.09. The Hall–Kier alpha value is -0.160. The molecule has 17 heavy (non-hydrogen) atoms. The van der Waals surface area contributed by atoms with Crippen molar-refractivity contribution in [2.45, 2.75) is 25.9 Å². The number of hydrogen-bond donors (Lipinski definition) is 1. The Bertz CT molecular complexity index is 374. The second kappa shape index (κ2) is 7.31. The number of halogens is 3. The standard InChI is InChI=1S/C12H15BrClFO2/c1-2-17-7-3-4-10(16)8-5-6-9(13)11(14)12(8)15/h5-6,10,16H,2-4,7H2,1H3. The molecule has 0 aromatic heterocycles. The molecule has 0 spiro atoms. The minimum atomic E-state index is -0.846. The highest BCUT2D eigenvalue weighted by Crippen LogP contribution is 2.31. The SMILES string of the molecule is CCOCCCC(O)c1ccc(Br)c(Cl)c1F. The van der Waals surface area contributed by atoms with Crippen molar-refractivity contribution in [3.63, 3.8) is 0 Å². The average molecular weight is 326 g/mol. The van der Waals surface area contributed by atoms with E-state index in [1.165, 1.54) is 6.07 Å². The first-order valence-corrected chi connectivity index (χ1v) is 6.64. The van der Waals surface area contributed by atoms with Crippen LogP contribution in [-0.4, -0.2) is 18.3 Å². The summed E-state index contributed by atoms with van der Waals surface area (Å²) in [7, 11) is 0. The van der Waals surface area contributed by atoms with Crippen LogP contribution in [-0.2, 0) is 4.74 Å². The quantitative estimate of drug-likeness (QED) is 0.630. The molecule has 2 nitrogen and oxygen atoms in total. The van der Waals surface area contributed by atoms with Crippen molar-refractivity contribution < 1.29 is 14.2 Å². The first-order chi connectivity index (χ1) is 8.07. The van der Waals surface area contributed by atoms with Crippen molar-refractivity contribution in [3.05, 3.63) is 33.0 Å². The van der Waals surface area contributed by atoms with Gasteiger partial charge in [0.15, 0.2) is 0 Å². The number of benzene rings is 1. The topological polar surface area (TPSA) is 29.5 Å². The third kappa shape index (κ3) is 4.21. The van der Waals surface area contributed by atoms with Crippen LogP contribution < -0.4 is 0 Å². The van der Waals surface area contributed by atoms with Gasteiger partial charge in [-0.1, -0.05) is 17.7 Å². The fourth-order valence-corrected chi connectivity index (χ4v) is 1.96.